The van der Waals surface area contributed by atoms with E-state index in [1.807, 2.05) is 7.05 Å². The predicted octanol–water partition coefficient (Wildman–Crippen LogP) is 2.43. The molecule has 1 aliphatic heterocycles. The Kier molecular flexibility index (Phi) is 4.78. The van der Waals surface area contributed by atoms with E-state index in [2.05, 4.69) is 35.0 Å². The first-order valence-corrected chi connectivity index (χ1v) is 7.07. The van der Waals surface area contributed by atoms with Gasteiger partial charge in [-0.1, -0.05) is 0 Å². The Hall–Kier alpha value is -0.870. The molecule has 4 heteroatoms. The van der Waals surface area contributed by atoms with E-state index in [1.165, 1.54) is 18.5 Å². The summed E-state index contributed by atoms with van der Waals surface area (Å²) in [6, 6.07) is 2.58. The van der Waals surface area contributed by atoms with E-state index in [0.717, 1.165) is 31.7 Å². The van der Waals surface area contributed by atoms with Gasteiger partial charge in [-0.3, -0.25) is 4.68 Å². The van der Waals surface area contributed by atoms with Crippen molar-refractivity contribution in [3.05, 3.63) is 17.5 Å². The van der Waals surface area contributed by atoms with Gasteiger partial charge < -0.3 is 10.1 Å². The van der Waals surface area contributed by atoms with Crippen molar-refractivity contribution in [1.29, 1.82) is 0 Å². The van der Waals surface area contributed by atoms with Gasteiger partial charge in [-0.25, -0.2) is 0 Å². The standard InChI is InChI=1S/C14H25N3O/c1-4-17-14(10-11(2)16-17)13(15-3)8-7-12-6-5-9-18-12/h10,12-13,15H,4-9H2,1-3H3. The molecule has 0 bridgehead atoms. The van der Waals surface area contributed by atoms with Crippen LogP contribution in [0.4, 0.5) is 0 Å². The number of ether oxygens (including phenoxy) is 1. The minimum atomic E-state index is 0.385. The first kappa shape index (κ1) is 13.6. The van der Waals surface area contributed by atoms with E-state index in [4.69, 9.17) is 4.74 Å². The summed E-state index contributed by atoms with van der Waals surface area (Å²) >= 11 is 0. The highest BCUT2D eigenvalue weighted by Gasteiger charge is 2.20. The van der Waals surface area contributed by atoms with Crippen LogP contribution >= 0.6 is 0 Å². The minimum absolute atomic E-state index is 0.385. The molecule has 2 heterocycles. The molecule has 0 spiro atoms. The highest BCUT2D eigenvalue weighted by atomic mass is 16.5. The fourth-order valence-corrected chi connectivity index (χ4v) is 2.76. The number of nitrogens with zero attached hydrogens (tertiary/aromatic N) is 2. The number of hydrogen-bond acceptors (Lipinski definition) is 3. The van der Waals surface area contributed by atoms with Crippen molar-refractivity contribution in [3.63, 3.8) is 0 Å². The molecule has 2 rings (SSSR count). The number of aryl methyl sites for hydroxylation is 2. The van der Waals surface area contributed by atoms with Crippen LogP contribution in [0.15, 0.2) is 6.07 Å². The topological polar surface area (TPSA) is 39.1 Å². The van der Waals surface area contributed by atoms with Crippen molar-refractivity contribution in [2.24, 2.45) is 0 Å². The van der Waals surface area contributed by atoms with E-state index >= 15 is 0 Å². The van der Waals surface area contributed by atoms with E-state index in [0.29, 0.717) is 12.1 Å². The summed E-state index contributed by atoms with van der Waals surface area (Å²) < 4.78 is 7.80. The van der Waals surface area contributed by atoms with Crippen LogP contribution in [0.5, 0.6) is 0 Å². The summed E-state index contributed by atoms with van der Waals surface area (Å²) in [6.07, 6.45) is 5.18. The average Bonchev–Trinajstić information content (AvgIpc) is 2.99. The Balaban J connectivity index is 1.97. The molecular formula is C14H25N3O. The molecule has 1 aromatic heterocycles. The van der Waals surface area contributed by atoms with Crippen LogP contribution in [0.2, 0.25) is 0 Å². The predicted molar refractivity (Wildman–Crippen MR) is 72.6 cm³/mol. The van der Waals surface area contributed by atoms with E-state index in [1.54, 1.807) is 0 Å². The summed E-state index contributed by atoms with van der Waals surface area (Å²) in [7, 11) is 2.03. The van der Waals surface area contributed by atoms with Gasteiger partial charge in [0.15, 0.2) is 0 Å². The quantitative estimate of drug-likeness (QED) is 0.844. The summed E-state index contributed by atoms with van der Waals surface area (Å²) in [5, 5.41) is 7.94. The summed E-state index contributed by atoms with van der Waals surface area (Å²) in [5.41, 5.74) is 2.40. The van der Waals surface area contributed by atoms with Gasteiger partial charge in [-0.05, 0) is 52.6 Å². The van der Waals surface area contributed by atoms with Gasteiger partial charge in [-0.15, -0.1) is 0 Å². The molecule has 2 atom stereocenters. The Bertz CT molecular complexity index is 369. The lowest BCUT2D eigenvalue weighted by molar-refractivity contribution is 0.0995. The number of nitrogens with one attached hydrogen (secondary N) is 1. The van der Waals surface area contributed by atoms with Crippen LogP contribution in [0.3, 0.4) is 0 Å². The number of aromatic nitrogens is 2. The second-order valence-corrected chi connectivity index (χ2v) is 5.08. The molecule has 102 valence electrons. The molecule has 1 aromatic rings. The molecular weight excluding hydrogens is 226 g/mol. The lowest BCUT2D eigenvalue weighted by atomic mass is 10.0. The Morgan fingerprint density at radius 3 is 3.06 bits per heavy atom. The molecule has 0 radical (unpaired) electrons. The van der Waals surface area contributed by atoms with Crippen molar-refractivity contribution in [2.45, 2.75) is 58.2 Å². The Morgan fingerprint density at radius 2 is 2.44 bits per heavy atom. The molecule has 1 aliphatic rings. The first-order valence-electron chi connectivity index (χ1n) is 7.07. The van der Waals surface area contributed by atoms with Gasteiger partial charge >= 0.3 is 0 Å². The van der Waals surface area contributed by atoms with Crippen molar-refractivity contribution in [1.82, 2.24) is 15.1 Å². The zero-order valence-electron chi connectivity index (χ0n) is 11.8. The smallest absolute Gasteiger partial charge is 0.0597 e. The van der Waals surface area contributed by atoms with Crippen LogP contribution in [-0.2, 0) is 11.3 Å². The zero-order chi connectivity index (χ0) is 13.0. The highest BCUT2D eigenvalue weighted by Crippen LogP contribution is 2.24. The van der Waals surface area contributed by atoms with E-state index in [-0.39, 0.29) is 0 Å². The monoisotopic (exact) mass is 251 g/mol. The number of hydrogen-bond donors (Lipinski definition) is 1. The molecule has 1 fully saturated rings. The zero-order valence-corrected chi connectivity index (χ0v) is 11.8. The van der Waals surface area contributed by atoms with Gasteiger partial charge in [0.1, 0.15) is 0 Å². The average molecular weight is 251 g/mol. The maximum Gasteiger partial charge on any atom is 0.0597 e. The second-order valence-electron chi connectivity index (χ2n) is 5.08. The van der Waals surface area contributed by atoms with Gasteiger partial charge in [-0.2, -0.15) is 5.10 Å². The van der Waals surface area contributed by atoms with Crippen molar-refractivity contribution in [3.8, 4) is 0 Å². The molecule has 0 saturated carbocycles. The largest absolute Gasteiger partial charge is 0.378 e. The molecule has 1 N–H and O–H groups in total. The molecule has 4 nitrogen and oxygen atoms in total. The number of rotatable bonds is 6. The summed E-state index contributed by atoms with van der Waals surface area (Å²) in [6.45, 7) is 6.08. The maximum absolute atomic E-state index is 5.70. The van der Waals surface area contributed by atoms with Crippen molar-refractivity contribution in [2.75, 3.05) is 13.7 Å². The third-order valence-corrected chi connectivity index (χ3v) is 3.74. The lowest BCUT2D eigenvalue weighted by Gasteiger charge is -2.19. The minimum Gasteiger partial charge on any atom is -0.378 e. The highest BCUT2D eigenvalue weighted by molar-refractivity contribution is 5.13. The van der Waals surface area contributed by atoms with Crippen LogP contribution < -0.4 is 5.32 Å². The van der Waals surface area contributed by atoms with Gasteiger partial charge in [0.2, 0.25) is 0 Å². The first-order chi connectivity index (χ1) is 8.74. The normalized spacial score (nSPS) is 21.4. The van der Waals surface area contributed by atoms with Crippen molar-refractivity contribution < 1.29 is 4.74 Å². The Morgan fingerprint density at radius 1 is 1.61 bits per heavy atom. The third kappa shape index (κ3) is 3.12. The van der Waals surface area contributed by atoms with Crippen LogP contribution in [0.25, 0.3) is 0 Å². The summed E-state index contributed by atoms with van der Waals surface area (Å²) in [5.74, 6) is 0. The van der Waals surface area contributed by atoms with Crippen LogP contribution in [0, 0.1) is 6.92 Å². The molecule has 1 saturated heterocycles. The van der Waals surface area contributed by atoms with Gasteiger partial charge in [0.05, 0.1) is 17.5 Å². The lowest BCUT2D eigenvalue weighted by Crippen LogP contribution is -2.22. The third-order valence-electron chi connectivity index (χ3n) is 3.74. The SMILES string of the molecule is CCn1nc(C)cc1C(CCC1CCCO1)NC. The fourth-order valence-electron chi connectivity index (χ4n) is 2.76. The van der Waals surface area contributed by atoms with Crippen molar-refractivity contribution >= 4 is 0 Å². The molecule has 18 heavy (non-hydrogen) atoms. The van der Waals surface area contributed by atoms with E-state index < -0.39 is 0 Å². The molecule has 0 aliphatic carbocycles. The molecule has 2 unspecified atom stereocenters. The summed E-state index contributed by atoms with van der Waals surface area (Å²) in [4.78, 5) is 0. The maximum atomic E-state index is 5.70. The molecule has 0 amide bonds. The second kappa shape index (κ2) is 6.34. The fraction of sp³-hybridized carbons (Fsp3) is 0.786. The van der Waals surface area contributed by atoms with E-state index in [9.17, 15) is 0 Å². The van der Waals surface area contributed by atoms with Gasteiger partial charge in [0.25, 0.3) is 0 Å². The molecule has 0 aromatic carbocycles. The van der Waals surface area contributed by atoms with Crippen LogP contribution in [-0.4, -0.2) is 29.5 Å². The van der Waals surface area contributed by atoms with Gasteiger partial charge in [0, 0.05) is 19.2 Å². The van der Waals surface area contributed by atoms with Crippen LogP contribution in [0.1, 0.15) is 50.0 Å². The Labute approximate surface area is 110 Å².